The number of rotatable bonds is 7. The molecule has 2 aromatic carbocycles. The summed E-state index contributed by atoms with van der Waals surface area (Å²) in [6.45, 7) is 0.971. The third-order valence-corrected chi connectivity index (χ3v) is 2.98. The predicted molar refractivity (Wildman–Crippen MR) is 86.7 cm³/mol. The lowest BCUT2D eigenvalue weighted by molar-refractivity contribution is 0.306. The van der Waals surface area contributed by atoms with E-state index in [-0.39, 0.29) is 0 Å². The van der Waals surface area contributed by atoms with Gasteiger partial charge in [-0.2, -0.15) is 0 Å². The van der Waals surface area contributed by atoms with Crippen LogP contribution in [0.25, 0.3) is 0 Å². The van der Waals surface area contributed by atoms with Gasteiger partial charge in [0, 0.05) is 30.7 Å². The first-order valence-corrected chi connectivity index (χ1v) is 6.75. The Morgan fingerprint density at radius 2 is 1.95 bits per heavy atom. The Morgan fingerprint density at radius 1 is 1.14 bits per heavy atom. The minimum absolute atomic E-state index is 0.444. The van der Waals surface area contributed by atoms with E-state index in [9.17, 15) is 0 Å². The highest BCUT2D eigenvalue weighted by Crippen LogP contribution is 2.23. The summed E-state index contributed by atoms with van der Waals surface area (Å²) in [6, 6.07) is 15.8. The zero-order chi connectivity index (χ0) is 14.9. The molecule has 108 valence electrons. The normalized spacial score (nSPS) is 10.5. The van der Waals surface area contributed by atoms with Gasteiger partial charge in [0.1, 0.15) is 12.4 Å². The summed E-state index contributed by atoms with van der Waals surface area (Å²) in [4.78, 5) is 0. The van der Waals surface area contributed by atoms with Crippen LogP contribution >= 0.6 is 0 Å². The standard InChI is InChI=1S/C17H19N3O/c18-9-4-10-20-17-11-16(8-7-15(17)12-19)21-13-14-5-2-1-3-6-14/h1-11,18,20H,12-13,19H2/b10-4-,18-9?. The van der Waals surface area contributed by atoms with Gasteiger partial charge >= 0.3 is 0 Å². The second-order valence-electron chi connectivity index (χ2n) is 4.47. The molecule has 0 radical (unpaired) electrons. The molecular weight excluding hydrogens is 262 g/mol. The van der Waals surface area contributed by atoms with Gasteiger partial charge in [-0.15, -0.1) is 0 Å². The molecule has 0 saturated carbocycles. The largest absolute Gasteiger partial charge is 0.489 e. The van der Waals surface area contributed by atoms with Gasteiger partial charge < -0.3 is 21.2 Å². The van der Waals surface area contributed by atoms with E-state index in [4.69, 9.17) is 15.9 Å². The molecule has 21 heavy (non-hydrogen) atoms. The second kappa shape index (κ2) is 7.87. The van der Waals surface area contributed by atoms with Crippen LogP contribution in [0.5, 0.6) is 5.75 Å². The lowest BCUT2D eigenvalue weighted by Gasteiger charge is -2.11. The first-order chi connectivity index (χ1) is 10.3. The van der Waals surface area contributed by atoms with Crippen molar-refractivity contribution in [2.75, 3.05) is 5.32 Å². The van der Waals surface area contributed by atoms with Crippen LogP contribution in [0.3, 0.4) is 0 Å². The van der Waals surface area contributed by atoms with Crippen molar-refractivity contribution < 1.29 is 4.74 Å². The van der Waals surface area contributed by atoms with Crippen LogP contribution in [0.15, 0.2) is 60.8 Å². The fourth-order valence-electron chi connectivity index (χ4n) is 1.88. The van der Waals surface area contributed by atoms with Crippen LogP contribution in [0.4, 0.5) is 5.69 Å². The van der Waals surface area contributed by atoms with Crippen molar-refractivity contribution in [2.24, 2.45) is 5.73 Å². The molecule has 2 rings (SSSR count). The number of hydrogen-bond donors (Lipinski definition) is 3. The fraction of sp³-hybridized carbons (Fsp3) is 0.118. The van der Waals surface area contributed by atoms with Crippen molar-refractivity contribution in [2.45, 2.75) is 13.2 Å². The molecule has 0 aliphatic carbocycles. The molecule has 0 aliphatic rings. The average Bonchev–Trinajstić information content (AvgIpc) is 2.54. The molecule has 0 heterocycles. The predicted octanol–water partition coefficient (Wildman–Crippen LogP) is 3.30. The van der Waals surface area contributed by atoms with E-state index in [0.29, 0.717) is 13.2 Å². The van der Waals surface area contributed by atoms with Gasteiger partial charge in [-0.25, -0.2) is 0 Å². The quantitative estimate of drug-likeness (QED) is 0.682. The molecule has 0 atom stereocenters. The maximum Gasteiger partial charge on any atom is 0.121 e. The summed E-state index contributed by atoms with van der Waals surface area (Å²) in [5.74, 6) is 0.779. The fourth-order valence-corrected chi connectivity index (χ4v) is 1.88. The van der Waals surface area contributed by atoms with E-state index in [1.54, 1.807) is 12.3 Å². The zero-order valence-electron chi connectivity index (χ0n) is 11.8. The summed E-state index contributed by atoms with van der Waals surface area (Å²) in [6.07, 6.45) is 4.52. The van der Waals surface area contributed by atoms with Gasteiger partial charge in [-0.1, -0.05) is 36.4 Å². The third kappa shape index (κ3) is 4.47. The van der Waals surface area contributed by atoms with E-state index in [1.165, 1.54) is 6.21 Å². The Morgan fingerprint density at radius 3 is 2.67 bits per heavy atom. The van der Waals surface area contributed by atoms with Gasteiger partial charge in [0.25, 0.3) is 0 Å². The summed E-state index contributed by atoms with van der Waals surface area (Å²) < 4.78 is 5.79. The lowest BCUT2D eigenvalue weighted by Crippen LogP contribution is -2.02. The van der Waals surface area contributed by atoms with Crippen LogP contribution in [0, 0.1) is 5.41 Å². The van der Waals surface area contributed by atoms with Crippen molar-refractivity contribution >= 4 is 11.9 Å². The molecule has 0 aliphatic heterocycles. The van der Waals surface area contributed by atoms with E-state index in [1.807, 2.05) is 48.5 Å². The molecule has 4 heteroatoms. The van der Waals surface area contributed by atoms with E-state index in [0.717, 1.165) is 22.6 Å². The first-order valence-electron chi connectivity index (χ1n) is 6.75. The van der Waals surface area contributed by atoms with E-state index >= 15 is 0 Å². The SMILES string of the molecule is N=C/C=C\Nc1cc(OCc2ccccc2)ccc1CN. The molecular formula is C17H19N3O. The number of anilines is 1. The highest BCUT2D eigenvalue weighted by Gasteiger charge is 2.03. The van der Waals surface area contributed by atoms with Gasteiger partial charge in [-0.05, 0) is 23.3 Å². The van der Waals surface area contributed by atoms with Gasteiger partial charge in [0.05, 0.1) is 0 Å². The number of ether oxygens (including phenoxy) is 1. The molecule has 0 bridgehead atoms. The van der Waals surface area contributed by atoms with Crippen LogP contribution < -0.4 is 15.8 Å². The maximum atomic E-state index is 6.97. The van der Waals surface area contributed by atoms with Crippen molar-refractivity contribution in [3.05, 3.63) is 71.9 Å². The molecule has 4 nitrogen and oxygen atoms in total. The van der Waals surface area contributed by atoms with Crippen LogP contribution in [-0.2, 0) is 13.2 Å². The Kier molecular flexibility index (Phi) is 5.55. The molecule has 0 unspecified atom stereocenters. The van der Waals surface area contributed by atoms with Gasteiger partial charge in [0.2, 0.25) is 0 Å². The minimum atomic E-state index is 0.444. The highest BCUT2D eigenvalue weighted by atomic mass is 16.5. The average molecular weight is 281 g/mol. The third-order valence-electron chi connectivity index (χ3n) is 2.98. The van der Waals surface area contributed by atoms with E-state index in [2.05, 4.69) is 5.32 Å². The summed E-state index contributed by atoms with van der Waals surface area (Å²) >= 11 is 0. The molecule has 0 saturated heterocycles. The Balaban J connectivity index is 2.07. The molecule has 0 spiro atoms. The van der Waals surface area contributed by atoms with Gasteiger partial charge in [-0.3, -0.25) is 0 Å². The van der Waals surface area contributed by atoms with Crippen molar-refractivity contribution in [3.8, 4) is 5.75 Å². The molecule has 0 fully saturated rings. The Hall–Kier alpha value is -2.59. The van der Waals surface area contributed by atoms with Crippen LogP contribution in [0.1, 0.15) is 11.1 Å². The number of nitrogens with two attached hydrogens (primary N) is 1. The smallest absolute Gasteiger partial charge is 0.121 e. The van der Waals surface area contributed by atoms with E-state index < -0.39 is 0 Å². The highest BCUT2D eigenvalue weighted by molar-refractivity contribution is 5.69. The number of allylic oxidation sites excluding steroid dienone is 1. The molecule has 0 amide bonds. The zero-order valence-corrected chi connectivity index (χ0v) is 11.8. The first kappa shape index (κ1) is 14.8. The minimum Gasteiger partial charge on any atom is -0.489 e. The topological polar surface area (TPSA) is 71.1 Å². The van der Waals surface area contributed by atoms with Gasteiger partial charge in [0.15, 0.2) is 0 Å². The monoisotopic (exact) mass is 281 g/mol. The number of benzene rings is 2. The lowest BCUT2D eigenvalue weighted by atomic mass is 10.1. The number of hydrogen-bond acceptors (Lipinski definition) is 4. The number of nitrogens with one attached hydrogen (secondary N) is 2. The molecule has 4 N–H and O–H groups in total. The Labute approximate surface area is 124 Å². The molecule has 0 aromatic heterocycles. The molecule has 2 aromatic rings. The van der Waals surface area contributed by atoms with Crippen LogP contribution in [0.2, 0.25) is 0 Å². The van der Waals surface area contributed by atoms with Crippen molar-refractivity contribution in [3.63, 3.8) is 0 Å². The van der Waals surface area contributed by atoms with Crippen molar-refractivity contribution in [1.82, 2.24) is 0 Å². The van der Waals surface area contributed by atoms with Crippen LogP contribution in [-0.4, -0.2) is 6.21 Å². The second-order valence-corrected chi connectivity index (χ2v) is 4.47. The Bertz CT molecular complexity index is 609. The summed E-state index contributed by atoms with van der Waals surface area (Å²) in [5.41, 5.74) is 8.73. The maximum absolute atomic E-state index is 6.97. The summed E-state index contributed by atoms with van der Waals surface area (Å²) in [7, 11) is 0. The summed E-state index contributed by atoms with van der Waals surface area (Å²) in [5, 5.41) is 10.1. The van der Waals surface area contributed by atoms with Crippen molar-refractivity contribution in [1.29, 1.82) is 5.41 Å².